The van der Waals surface area contributed by atoms with Gasteiger partial charge >= 0.3 is 0 Å². The van der Waals surface area contributed by atoms with Crippen LogP contribution in [-0.2, 0) is 27.3 Å². The number of fused-ring (bicyclic) bond motifs is 1. The molecular formula is C25H34N4O3. The molecule has 3 heterocycles. The monoisotopic (exact) mass is 438 g/mol. The van der Waals surface area contributed by atoms with Crippen molar-refractivity contribution in [1.29, 1.82) is 0 Å². The topological polar surface area (TPSA) is 88.2 Å². The number of hydrogen-bond acceptors (Lipinski definition) is 5. The van der Waals surface area contributed by atoms with Gasteiger partial charge in [-0.1, -0.05) is 18.2 Å². The third-order valence-corrected chi connectivity index (χ3v) is 6.79. The second-order valence-electron chi connectivity index (χ2n) is 9.24. The summed E-state index contributed by atoms with van der Waals surface area (Å²) in [6.45, 7) is 8.86. The Balaban J connectivity index is 1.75. The lowest BCUT2D eigenvalue weighted by Crippen LogP contribution is -2.42. The van der Waals surface area contributed by atoms with E-state index >= 15 is 0 Å². The fourth-order valence-corrected chi connectivity index (χ4v) is 4.84. The lowest BCUT2D eigenvalue weighted by molar-refractivity contribution is -0.133. The maximum Gasteiger partial charge on any atom is 0.227 e. The van der Waals surface area contributed by atoms with Crippen molar-refractivity contribution < 1.29 is 14.3 Å². The van der Waals surface area contributed by atoms with Gasteiger partial charge in [-0.25, -0.2) is 0 Å². The zero-order valence-corrected chi connectivity index (χ0v) is 19.4. The van der Waals surface area contributed by atoms with E-state index in [2.05, 4.69) is 6.07 Å². The fourth-order valence-electron chi connectivity index (χ4n) is 4.84. The van der Waals surface area contributed by atoms with Crippen LogP contribution in [0.25, 0.3) is 5.70 Å². The number of hydrogen-bond donors (Lipinski definition) is 1. The Morgan fingerprint density at radius 2 is 1.97 bits per heavy atom. The van der Waals surface area contributed by atoms with Crippen molar-refractivity contribution in [3.63, 3.8) is 0 Å². The van der Waals surface area contributed by atoms with Gasteiger partial charge in [-0.05, 0) is 37.8 Å². The molecule has 0 radical (unpaired) electrons. The maximum atomic E-state index is 12.8. The number of ether oxygens (including phenoxy) is 1. The van der Waals surface area contributed by atoms with Crippen molar-refractivity contribution in [2.24, 2.45) is 10.7 Å². The van der Waals surface area contributed by atoms with Gasteiger partial charge in [0.2, 0.25) is 11.8 Å². The second-order valence-corrected chi connectivity index (χ2v) is 9.24. The summed E-state index contributed by atoms with van der Waals surface area (Å²) in [6.07, 6.45) is 2.86. The van der Waals surface area contributed by atoms with Gasteiger partial charge in [-0.2, -0.15) is 0 Å². The molecule has 172 valence electrons. The minimum Gasteiger partial charge on any atom is -0.398 e. The van der Waals surface area contributed by atoms with Gasteiger partial charge < -0.3 is 20.3 Å². The van der Waals surface area contributed by atoms with Crippen LogP contribution in [0.3, 0.4) is 0 Å². The number of rotatable bonds is 3. The number of carbonyl (C=O) groups is 2. The molecule has 0 saturated carbocycles. The summed E-state index contributed by atoms with van der Waals surface area (Å²) in [6, 6.07) is 6.49. The average Bonchev–Trinajstić information content (AvgIpc) is 2.78. The Morgan fingerprint density at radius 3 is 2.66 bits per heavy atom. The first-order valence-corrected chi connectivity index (χ1v) is 11.6. The predicted molar refractivity (Wildman–Crippen MR) is 125 cm³/mol. The van der Waals surface area contributed by atoms with Gasteiger partial charge in [0.25, 0.3) is 0 Å². The highest BCUT2D eigenvalue weighted by Gasteiger charge is 2.30. The zero-order valence-electron chi connectivity index (χ0n) is 19.4. The molecule has 7 nitrogen and oxygen atoms in total. The van der Waals surface area contributed by atoms with Crippen LogP contribution in [-0.4, -0.2) is 65.7 Å². The quantitative estimate of drug-likeness (QED) is 0.785. The van der Waals surface area contributed by atoms with E-state index < -0.39 is 0 Å². The number of benzene rings is 1. The molecule has 0 unspecified atom stereocenters. The van der Waals surface area contributed by atoms with E-state index in [0.717, 1.165) is 54.0 Å². The molecule has 2 fully saturated rings. The van der Waals surface area contributed by atoms with E-state index in [4.69, 9.17) is 15.5 Å². The highest BCUT2D eigenvalue weighted by atomic mass is 16.5. The minimum absolute atomic E-state index is 0.0401. The van der Waals surface area contributed by atoms with Crippen LogP contribution in [0.15, 0.2) is 28.8 Å². The summed E-state index contributed by atoms with van der Waals surface area (Å²) in [7, 11) is 0. The van der Waals surface area contributed by atoms with E-state index in [1.807, 2.05) is 35.8 Å². The van der Waals surface area contributed by atoms with Crippen molar-refractivity contribution in [2.45, 2.75) is 65.1 Å². The lowest BCUT2D eigenvalue weighted by Gasteiger charge is -2.34. The number of amides is 2. The number of piperidine rings is 1. The van der Waals surface area contributed by atoms with Crippen LogP contribution in [0.2, 0.25) is 0 Å². The summed E-state index contributed by atoms with van der Waals surface area (Å²) < 4.78 is 5.48. The summed E-state index contributed by atoms with van der Waals surface area (Å²) in [5.74, 6) is 0.168. The molecule has 7 heteroatoms. The Morgan fingerprint density at radius 1 is 1.22 bits per heavy atom. The molecule has 2 N–H and O–H groups in total. The predicted octanol–water partition coefficient (Wildman–Crippen LogP) is 2.52. The highest BCUT2D eigenvalue weighted by molar-refractivity contribution is 6.08. The largest absolute Gasteiger partial charge is 0.398 e. The highest BCUT2D eigenvalue weighted by Crippen LogP contribution is 2.30. The van der Waals surface area contributed by atoms with E-state index in [0.29, 0.717) is 38.2 Å². The van der Waals surface area contributed by atoms with Crippen molar-refractivity contribution >= 4 is 23.2 Å². The van der Waals surface area contributed by atoms with Gasteiger partial charge in [0.15, 0.2) is 0 Å². The Hall–Kier alpha value is -2.67. The molecule has 1 aromatic rings. The Kier molecular flexibility index (Phi) is 6.65. The second kappa shape index (κ2) is 9.45. The van der Waals surface area contributed by atoms with Crippen molar-refractivity contribution in [3.05, 3.63) is 40.5 Å². The lowest BCUT2D eigenvalue weighted by atomic mass is 9.88. The van der Waals surface area contributed by atoms with Gasteiger partial charge in [-0.15, -0.1) is 0 Å². The summed E-state index contributed by atoms with van der Waals surface area (Å²) in [5, 5.41) is 0. The summed E-state index contributed by atoms with van der Waals surface area (Å²) in [4.78, 5) is 33.7. The zero-order chi connectivity index (χ0) is 22.8. The number of likely N-dealkylation sites (tertiary alicyclic amines) is 1. The van der Waals surface area contributed by atoms with Crippen molar-refractivity contribution in [1.82, 2.24) is 9.80 Å². The van der Waals surface area contributed by atoms with Crippen molar-refractivity contribution in [3.8, 4) is 0 Å². The normalized spacial score (nSPS) is 23.0. The molecule has 0 spiro atoms. The van der Waals surface area contributed by atoms with Crippen LogP contribution in [0.1, 0.15) is 56.7 Å². The smallest absolute Gasteiger partial charge is 0.227 e. The average molecular weight is 439 g/mol. The van der Waals surface area contributed by atoms with Crippen molar-refractivity contribution in [2.75, 3.05) is 26.3 Å². The van der Waals surface area contributed by atoms with Crippen LogP contribution < -0.4 is 5.73 Å². The molecule has 3 aliphatic heterocycles. The summed E-state index contributed by atoms with van der Waals surface area (Å²) in [5.41, 5.74) is 12.4. The molecule has 32 heavy (non-hydrogen) atoms. The van der Waals surface area contributed by atoms with Crippen LogP contribution in [0.5, 0.6) is 0 Å². The third kappa shape index (κ3) is 4.58. The molecule has 0 aliphatic carbocycles. The standard InChI is InChI=1S/C25H34N4O3/c1-16(2)29-14-18-5-4-6-20(21(18)13-24(29)31)25(26)22-15-28(17(3)30)10-7-23(22)27-19-8-11-32-12-9-19/h4-6,16,19H,7-15,26H2,1-3H3. The molecule has 2 saturated heterocycles. The fraction of sp³-hybridized carbons (Fsp3) is 0.560. The number of aliphatic imine (C=N–C) groups is 1. The molecule has 1 aromatic carbocycles. The Labute approximate surface area is 190 Å². The maximum absolute atomic E-state index is 12.8. The molecular weight excluding hydrogens is 404 g/mol. The van der Waals surface area contributed by atoms with E-state index in [9.17, 15) is 9.59 Å². The SMILES string of the molecule is CC(=O)N1CCC(=NC2CCOCC2)C(=C(N)c2cccc3c2CC(=O)N(C(C)C)C3)C1. The van der Waals surface area contributed by atoms with Gasteiger partial charge in [-0.3, -0.25) is 14.6 Å². The van der Waals surface area contributed by atoms with Crippen LogP contribution >= 0.6 is 0 Å². The molecule has 0 aromatic heterocycles. The first kappa shape index (κ1) is 22.5. The van der Waals surface area contributed by atoms with Gasteiger partial charge in [0.1, 0.15) is 0 Å². The van der Waals surface area contributed by atoms with E-state index in [-0.39, 0.29) is 23.9 Å². The number of nitrogens with zero attached hydrogens (tertiary/aromatic N) is 3. The molecule has 3 aliphatic rings. The van der Waals surface area contributed by atoms with E-state index in [1.165, 1.54) is 0 Å². The third-order valence-electron chi connectivity index (χ3n) is 6.79. The molecule has 0 atom stereocenters. The Bertz CT molecular complexity index is 960. The van der Waals surface area contributed by atoms with Gasteiger partial charge in [0, 0.05) is 74.8 Å². The first-order valence-electron chi connectivity index (χ1n) is 11.6. The minimum atomic E-state index is 0.0401. The van der Waals surface area contributed by atoms with Crippen LogP contribution in [0, 0.1) is 0 Å². The number of nitrogens with two attached hydrogens (primary N) is 1. The van der Waals surface area contributed by atoms with E-state index in [1.54, 1.807) is 6.92 Å². The number of carbonyl (C=O) groups excluding carboxylic acids is 2. The molecule has 2 amide bonds. The van der Waals surface area contributed by atoms with Crippen LogP contribution in [0.4, 0.5) is 0 Å². The summed E-state index contributed by atoms with van der Waals surface area (Å²) >= 11 is 0. The first-order chi connectivity index (χ1) is 15.3. The molecule has 4 rings (SSSR count). The molecule has 0 bridgehead atoms. The van der Waals surface area contributed by atoms with Gasteiger partial charge in [0.05, 0.1) is 12.5 Å².